The molecular weight excluding hydrogens is 228 g/mol. The van der Waals surface area contributed by atoms with E-state index in [-0.39, 0.29) is 6.10 Å². The lowest BCUT2D eigenvalue weighted by molar-refractivity contribution is 0.0368. The van der Waals surface area contributed by atoms with Gasteiger partial charge in [0.25, 0.3) is 0 Å². The van der Waals surface area contributed by atoms with Gasteiger partial charge in [0.1, 0.15) is 10.8 Å². The molecule has 3 nitrogen and oxygen atoms in total. The fourth-order valence-electron chi connectivity index (χ4n) is 0.848. The SMILES string of the molecule is CC(C)OC(=O)c1cc(F)c(Cl)c(F)n1. The molecular formula is C9H8ClF2NO2. The number of nitrogens with zero attached hydrogens (tertiary/aromatic N) is 1. The predicted molar refractivity (Wildman–Crippen MR) is 49.7 cm³/mol. The lowest BCUT2D eigenvalue weighted by Gasteiger charge is -2.07. The van der Waals surface area contributed by atoms with Gasteiger partial charge in [0, 0.05) is 6.07 Å². The summed E-state index contributed by atoms with van der Waals surface area (Å²) < 4.78 is 30.5. The number of carbonyl (C=O) groups excluding carboxylic acids is 1. The van der Waals surface area contributed by atoms with E-state index in [4.69, 9.17) is 16.3 Å². The predicted octanol–water partition coefficient (Wildman–Crippen LogP) is 2.58. The molecule has 1 aromatic heterocycles. The van der Waals surface area contributed by atoms with Crippen LogP contribution in [0, 0.1) is 11.8 Å². The Bertz CT molecular complexity index is 373. The summed E-state index contributed by atoms with van der Waals surface area (Å²) >= 11 is 5.20. The van der Waals surface area contributed by atoms with Gasteiger partial charge >= 0.3 is 5.97 Å². The maximum Gasteiger partial charge on any atom is 0.357 e. The quantitative estimate of drug-likeness (QED) is 0.584. The Kier molecular flexibility index (Phi) is 3.57. The van der Waals surface area contributed by atoms with Crippen LogP contribution < -0.4 is 0 Å². The average Bonchev–Trinajstić information content (AvgIpc) is 2.12. The molecule has 0 aliphatic heterocycles. The van der Waals surface area contributed by atoms with Crippen LogP contribution in [0.1, 0.15) is 24.3 Å². The maximum absolute atomic E-state index is 12.9. The first-order valence-electron chi connectivity index (χ1n) is 4.14. The van der Waals surface area contributed by atoms with Crippen LogP contribution in [-0.4, -0.2) is 17.1 Å². The molecule has 0 unspecified atom stereocenters. The van der Waals surface area contributed by atoms with Gasteiger partial charge in [0.2, 0.25) is 5.95 Å². The molecule has 6 heteroatoms. The normalized spacial score (nSPS) is 10.5. The van der Waals surface area contributed by atoms with Gasteiger partial charge in [-0.25, -0.2) is 14.2 Å². The van der Waals surface area contributed by atoms with Crippen LogP contribution in [-0.2, 0) is 4.74 Å². The third-order valence-electron chi connectivity index (χ3n) is 1.42. The Morgan fingerprint density at radius 1 is 1.53 bits per heavy atom. The zero-order valence-corrected chi connectivity index (χ0v) is 8.81. The number of esters is 1. The first-order valence-corrected chi connectivity index (χ1v) is 4.52. The highest BCUT2D eigenvalue weighted by Crippen LogP contribution is 2.18. The minimum absolute atomic E-state index is 0.388. The molecule has 15 heavy (non-hydrogen) atoms. The van der Waals surface area contributed by atoms with E-state index in [1.807, 2.05) is 0 Å². The standard InChI is InChI=1S/C9H8ClF2NO2/c1-4(2)15-9(14)6-3-5(11)7(10)8(12)13-6/h3-4H,1-2H3. The van der Waals surface area contributed by atoms with E-state index in [1.54, 1.807) is 13.8 Å². The zero-order valence-electron chi connectivity index (χ0n) is 8.05. The van der Waals surface area contributed by atoms with Crippen molar-refractivity contribution in [2.45, 2.75) is 20.0 Å². The van der Waals surface area contributed by atoms with Crippen molar-refractivity contribution in [3.05, 3.63) is 28.5 Å². The molecule has 1 rings (SSSR count). The molecule has 0 aliphatic carbocycles. The van der Waals surface area contributed by atoms with Crippen LogP contribution in [0.4, 0.5) is 8.78 Å². The fourth-order valence-corrected chi connectivity index (χ4v) is 0.945. The van der Waals surface area contributed by atoms with Gasteiger partial charge in [-0.2, -0.15) is 4.39 Å². The van der Waals surface area contributed by atoms with E-state index >= 15 is 0 Å². The monoisotopic (exact) mass is 235 g/mol. The lowest BCUT2D eigenvalue weighted by atomic mass is 10.3. The molecule has 0 saturated carbocycles. The summed E-state index contributed by atoms with van der Waals surface area (Å²) in [6.45, 7) is 3.22. The van der Waals surface area contributed by atoms with E-state index in [1.165, 1.54) is 0 Å². The first kappa shape index (κ1) is 11.8. The van der Waals surface area contributed by atoms with Gasteiger partial charge in [-0.1, -0.05) is 11.6 Å². The zero-order chi connectivity index (χ0) is 11.6. The third-order valence-corrected chi connectivity index (χ3v) is 1.76. The van der Waals surface area contributed by atoms with Crippen LogP contribution in [0.25, 0.3) is 0 Å². The molecule has 0 atom stereocenters. The molecule has 0 fully saturated rings. The van der Waals surface area contributed by atoms with Gasteiger partial charge in [0.05, 0.1) is 6.10 Å². The van der Waals surface area contributed by atoms with Gasteiger partial charge in [-0.05, 0) is 13.8 Å². The molecule has 0 aliphatic rings. The van der Waals surface area contributed by atoms with Gasteiger partial charge in [0.15, 0.2) is 5.69 Å². The molecule has 0 saturated heterocycles. The smallest absolute Gasteiger partial charge is 0.357 e. The van der Waals surface area contributed by atoms with Crippen molar-refractivity contribution in [1.82, 2.24) is 4.98 Å². The number of pyridine rings is 1. The van der Waals surface area contributed by atoms with Crippen molar-refractivity contribution < 1.29 is 18.3 Å². The molecule has 0 radical (unpaired) electrons. The second-order valence-electron chi connectivity index (χ2n) is 3.05. The Hall–Kier alpha value is -1.23. The molecule has 82 valence electrons. The second kappa shape index (κ2) is 4.53. The van der Waals surface area contributed by atoms with Crippen LogP contribution in [0.5, 0.6) is 0 Å². The summed E-state index contributed by atoms with van der Waals surface area (Å²) in [6, 6.07) is 0.732. The van der Waals surface area contributed by atoms with Crippen LogP contribution in [0.3, 0.4) is 0 Å². The summed E-state index contributed by atoms with van der Waals surface area (Å²) in [5.41, 5.74) is -0.442. The second-order valence-corrected chi connectivity index (χ2v) is 3.43. The molecule has 0 spiro atoms. The molecule has 1 aromatic rings. The van der Waals surface area contributed by atoms with Crippen LogP contribution in [0.2, 0.25) is 5.02 Å². The highest BCUT2D eigenvalue weighted by atomic mass is 35.5. The molecule has 1 heterocycles. The van der Waals surface area contributed by atoms with Gasteiger partial charge < -0.3 is 4.74 Å². The summed E-state index contributed by atoms with van der Waals surface area (Å²) in [5.74, 6) is -3.16. The number of rotatable bonds is 2. The van der Waals surface area contributed by atoms with E-state index in [0.29, 0.717) is 0 Å². The van der Waals surface area contributed by atoms with E-state index in [0.717, 1.165) is 6.07 Å². The average molecular weight is 236 g/mol. The number of ether oxygens (including phenoxy) is 1. The number of hydrogen-bond acceptors (Lipinski definition) is 3. The molecule has 0 aromatic carbocycles. The Morgan fingerprint density at radius 3 is 2.60 bits per heavy atom. The third kappa shape index (κ3) is 2.86. The lowest BCUT2D eigenvalue weighted by Crippen LogP contribution is -2.14. The largest absolute Gasteiger partial charge is 0.458 e. The maximum atomic E-state index is 12.9. The van der Waals surface area contributed by atoms with Crippen molar-refractivity contribution in [2.24, 2.45) is 0 Å². The van der Waals surface area contributed by atoms with Crippen molar-refractivity contribution >= 4 is 17.6 Å². The Labute approximate surface area is 90.0 Å². The fraction of sp³-hybridized carbons (Fsp3) is 0.333. The highest BCUT2D eigenvalue weighted by molar-refractivity contribution is 6.30. The minimum atomic E-state index is -1.23. The van der Waals surface area contributed by atoms with Crippen molar-refractivity contribution in [2.75, 3.05) is 0 Å². The summed E-state index contributed by atoms with van der Waals surface area (Å²) in [5, 5.41) is -0.740. The van der Waals surface area contributed by atoms with E-state index < -0.39 is 28.5 Å². The van der Waals surface area contributed by atoms with E-state index in [9.17, 15) is 13.6 Å². The van der Waals surface area contributed by atoms with Crippen molar-refractivity contribution in [3.8, 4) is 0 Å². The Morgan fingerprint density at radius 2 is 2.13 bits per heavy atom. The van der Waals surface area contributed by atoms with E-state index in [2.05, 4.69) is 4.98 Å². The highest BCUT2D eigenvalue weighted by Gasteiger charge is 2.17. The summed E-state index contributed by atoms with van der Waals surface area (Å²) in [7, 11) is 0. The minimum Gasteiger partial charge on any atom is -0.458 e. The first-order chi connectivity index (χ1) is 6.91. The number of hydrogen-bond donors (Lipinski definition) is 0. The summed E-state index contributed by atoms with van der Waals surface area (Å²) in [6.07, 6.45) is -0.388. The van der Waals surface area contributed by atoms with Gasteiger partial charge in [-0.3, -0.25) is 0 Å². The van der Waals surface area contributed by atoms with Crippen LogP contribution in [0.15, 0.2) is 6.07 Å². The van der Waals surface area contributed by atoms with Gasteiger partial charge in [-0.15, -0.1) is 0 Å². The van der Waals surface area contributed by atoms with Crippen LogP contribution >= 0.6 is 11.6 Å². The summed E-state index contributed by atoms with van der Waals surface area (Å²) in [4.78, 5) is 14.4. The van der Waals surface area contributed by atoms with Crippen molar-refractivity contribution in [1.29, 1.82) is 0 Å². The van der Waals surface area contributed by atoms with Crippen molar-refractivity contribution in [3.63, 3.8) is 0 Å². The Balaban J connectivity index is 3.01. The number of aromatic nitrogens is 1. The molecule has 0 N–H and O–H groups in total. The molecule has 0 amide bonds. The molecule has 0 bridgehead atoms. The number of halogens is 3. The topological polar surface area (TPSA) is 39.2 Å². The number of carbonyl (C=O) groups is 1.